The molecule has 0 N–H and O–H groups in total. The molecule has 29 heavy (non-hydrogen) atoms. The monoisotopic (exact) mass is 396 g/mol. The zero-order chi connectivity index (χ0) is 20.1. The Morgan fingerprint density at radius 3 is 2.38 bits per heavy atom. The van der Waals surface area contributed by atoms with Crippen molar-refractivity contribution in [2.75, 3.05) is 6.79 Å². The van der Waals surface area contributed by atoms with Crippen molar-refractivity contribution in [3.63, 3.8) is 0 Å². The fraction of sp³-hybridized carbons (Fsp3) is 0.174. The van der Waals surface area contributed by atoms with Crippen LogP contribution in [0.4, 0.5) is 18.9 Å². The van der Waals surface area contributed by atoms with Crippen LogP contribution in [0.3, 0.4) is 0 Å². The van der Waals surface area contributed by atoms with Gasteiger partial charge in [-0.2, -0.15) is 8.97 Å². The Labute approximate surface area is 165 Å². The highest BCUT2D eigenvalue weighted by atomic mass is 19.2. The third-order valence-electron chi connectivity index (χ3n) is 5.36. The molecule has 0 fully saturated rings. The molecular formula is C23H17F3NO2+. The molecule has 146 valence electrons. The van der Waals surface area contributed by atoms with Gasteiger partial charge in [0.2, 0.25) is 18.2 Å². The van der Waals surface area contributed by atoms with Gasteiger partial charge in [0.25, 0.3) is 0 Å². The number of ether oxygens (including phenoxy) is 2. The van der Waals surface area contributed by atoms with Gasteiger partial charge >= 0.3 is 0 Å². The van der Waals surface area contributed by atoms with Crippen LogP contribution in [-0.2, 0) is 6.42 Å². The van der Waals surface area contributed by atoms with Crippen molar-refractivity contribution in [3.05, 3.63) is 88.7 Å². The fourth-order valence-electron chi connectivity index (χ4n) is 4.08. The SMILES string of the molecule is CC1Cc2cc3c(cc2C(c2ccc(F)c(F)c2)=[N+]1c1ccccc1F)OCO3. The first-order chi connectivity index (χ1) is 14.0. The minimum Gasteiger partial charge on any atom is -0.454 e. The normalized spacial score (nSPS) is 17.4. The molecule has 0 saturated carbocycles. The average molecular weight is 396 g/mol. The van der Waals surface area contributed by atoms with Gasteiger partial charge in [0, 0.05) is 18.1 Å². The Hall–Kier alpha value is -3.28. The Kier molecular flexibility index (Phi) is 4.08. The standard InChI is InChI=1S/C23H17F3NO2/c1-13-8-15-10-21-22(29-12-28-21)11-16(15)23(14-6-7-17(24)19(26)9-14)27(13)20-5-3-2-4-18(20)25/h2-7,9-11,13H,8,12H2,1H3/q+1. The summed E-state index contributed by atoms with van der Waals surface area (Å²) in [6.07, 6.45) is 0.632. The Balaban J connectivity index is 1.85. The lowest BCUT2D eigenvalue weighted by Gasteiger charge is -2.24. The van der Waals surface area contributed by atoms with Crippen LogP contribution in [-0.4, -0.2) is 23.1 Å². The van der Waals surface area contributed by atoms with Crippen molar-refractivity contribution < 1.29 is 27.2 Å². The second kappa shape index (κ2) is 6.65. The number of benzene rings is 3. The molecule has 3 aromatic rings. The maximum absolute atomic E-state index is 14.7. The maximum Gasteiger partial charge on any atom is 0.242 e. The van der Waals surface area contributed by atoms with Crippen molar-refractivity contribution >= 4 is 11.4 Å². The summed E-state index contributed by atoms with van der Waals surface area (Å²) in [6, 6.07) is 13.8. The number of fused-ring (bicyclic) bond motifs is 2. The van der Waals surface area contributed by atoms with Crippen molar-refractivity contribution in [3.8, 4) is 11.5 Å². The van der Waals surface area contributed by atoms with Gasteiger partial charge in [-0.3, -0.25) is 0 Å². The molecule has 0 amide bonds. The largest absolute Gasteiger partial charge is 0.454 e. The number of halogens is 3. The number of rotatable bonds is 2. The summed E-state index contributed by atoms with van der Waals surface area (Å²) in [5.74, 6) is -1.04. The quantitative estimate of drug-likeness (QED) is 0.571. The first kappa shape index (κ1) is 17.8. The Bertz CT molecular complexity index is 1170. The molecule has 2 heterocycles. The lowest BCUT2D eigenvalue weighted by atomic mass is 9.88. The maximum atomic E-state index is 14.7. The second-order valence-corrected chi connectivity index (χ2v) is 7.21. The highest BCUT2D eigenvalue weighted by Crippen LogP contribution is 2.39. The number of para-hydroxylation sites is 1. The minimum absolute atomic E-state index is 0.122. The number of hydrogen-bond acceptors (Lipinski definition) is 2. The molecule has 0 aliphatic carbocycles. The van der Waals surface area contributed by atoms with Crippen LogP contribution in [0.1, 0.15) is 23.6 Å². The molecule has 3 aromatic carbocycles. The molecular weight excluding hydrogens is 379 g/mol. The molecule has 3 nitrogen and oxygen atoms in total. The molecule has 0 saturated heterocycles. The third-order valence-corrected chi connectivity index (χ3v) is 5.36. The molecule has 0 radical (unpaired) electrons. The summed E-state index contributed by atoms with van der Waals surface area (Å²) in [5.41, 5.74) is 3.19. The Morgan fingerprint density at radius 2 is 1.62 bits per heavy atom. The van der Waals surface area contributed by atoms with Crippen LogP contribution < -0.4 is 9.47 Å². The molecule has 0 bridgehead atoms. The molecule has 1 atom stereocenters. The summed E-state index contributed by atoms with van der Waals surface area (Å²) < 4.78 is 55.3. The highest BCUT2D eigenvalue weighted by molar-refractivity contribution is 6.12. The van der Waals surface area contributed by atoms with E-state index in [1.165, 1.54) is 12.1 Å². The average Bonchev–Trinajstić information content (AvgIpc) is 3.16. The van der Waals surface area contributed by atoms with E-state index in [0.717, 1.165) is 23.3 Å². The number of nitrogens with zero attached hydrogens (tertiary/aromatic N) is 1. The smallest absolute Gasteiger partial charge is 0.242 e. The van der Waals surface area contributed by atoms with Crippen molar-refractivity contribution in [1.82, 2.24) is 0 Å². The van der Waals surface area contributed by atoms with E-state index in [1.807, 2.05) is 23.6 Å². The van der Waals surface area contributed by atoms with Crippen molar-refractivity contribution in [1.29, 1.82) is 0 Å². The third kappa shape index (κ3) is 2.87. The van der Waals surface area contributed by atoms with Gasteiger partial charge in [-0.1, -0.05) is 12.1 Å². The van der Waals surface area contributed by atoms with E-state index in [0.29, 0.717) is 34.9 Å². The van der Waals surface area contributed by atoms with E-state index in [2.05, 4.69) is 0 Å². The topological polar surface area (TPSA) is 21.5 Å². The highest BCUT2D eigenvalue weighted by Gasteiger charge is 2.37. The van der Waals surface area contributed by atoms with E-state index in [4.69, 9.17) is 9.47 Å². The fourth-order valence-corrected chi connectivity index (χ4v) is 4.08. The number of hydrogen-bond donors (Lipinski definition) is 0. The van der Waals surface area contributed by atoms with Crippen molar-refractivity contribution in [2.24, 2.45) is 0 Å². The summed E-state index contributed by atoms with van der Waals surface area (Å²) in [6.45, 7) is 2.10. The van der Waals surface area contributed by atoms with Gasteiger partial charge in [0.1, 0.15) is 0 Å². The van der Waals surface area contributed by atoms with Crippen LogP contribution >= 0.6 is 0 Å². The zero-order valence-electron chi connectivity index (χ0n) is 15.6. The zero-order valence-corrected chi connectivity index (χ0v) is 15.6. The molecule has 2 aliphatic rings. The summed E-state index contributed by atoms with van der Waals surface area (Å²) in [4.78, 5) is 0. The van der Waals surface area contributed by atoms with E-state index in [1.54, 1.807) is 18.2 Å². The van der Waals surface area contributed by atoms with Gasteiger partial charge in [0.15, 0.2) is 35.0 Å². The molecule has 0 aromatic heterocycles. The van der Waals surface area contributed by atoms with Gasteiger partial charge in [-0.25, -0.2) is 8.78 Å². The molecule has 2 aliphatic heterocycles. The van der Waals surface area contributed by atoms with Crippen LogP contribution in [0.2, 0.25) is 0 Å². The minimum atomic E-state index is -0.955. The molecule has 5 rings (SSSR count). The van der Waals surface area contributed by atoms with Crippen LogP contribution in [0, 0.1) is 17.5 Å². The lowest BCUT2D eigenvalue weighted by molar-refractivity contribution is -0.483. The lowest BCUT2D eigenvalue weighted by Crippen LogP contribution is -2.35. The van der Waals surface area contributed by atoms with E-state index in [-0.39, 0.29) is 18.7 Å². The van der Waals surface area contributed by atoms with Gasteiger partial charge in [-0.15, -0.1) is 0 Å². The molecule has 1 unspecified atom stereocenters. The first-order valence-electron chi connectivity index (χ1n) is 9.32. The first-order valence-corrected chi connectivity index (χ1v) is 9.32. The van der Waals surface area contributed by atoms with E-state index < -0.39 is 11.6 Å². The predicted molar refractivity (Wildman–Crippen MR) is 102 cm³/mol. The van der Waals surface area contributed by atoms with E-state index >= 15 is 0 Å². The van der Waals surface area contributed by atoms with Crippen LogP contribution in [0.5, 0.6) is 11.5 Å². The van der Waals surface area contributed by atoms with Crippen molar-refractivity contribution in [2.45, 2.75) is 19.4 Å². The summed E-state index contributed by atoms with van der Waals surface area (Å²) in [5, 5.41) is 0. The summed E-state index contributed by atoms with van der Waals surface area (Å²) in [7, 11) is 0. The van der Waals surface area contributed by atoms with Crippen LogP contribution in [0.25, 0.3) is 0 Å². The van der Waals surface area contributed by atoms with Gasteiger partial charge < -0.3 is 9.47 Å². The van der Waals surface area contributed by atoms with Gasteiger partial charge in [0.05, 0.1) is 5.56 Å². The predicted octanol–water partition coefficient (Wildman–Crippen LogP) is 4.96. The summed E-state index contributed by atoms with van der Waals surface area (Å²) >= 11 is 0. The van der Waals surface area contributed by atoms with Crippen LogP contribution in [0.15, 0.2) is 54.6 Å². The van der Waals surface area contributed by atoms with E-state index in [9.17, 15) is 13.2 Å². The van der Waals surface area contributed by atoms with Gasteiger partial charge in [-0.05, 0) is 48.9 Å². The molecule has 6 heteroatoms. The second-order valence-electron chi connectivity index (χ2n) is 7.21. The Morgan fingerprint density at radius 1 is 0.862 bits per heavy atom. The molecule has 0 spiro atoms.